The summed E-state index contributed by atoms with van der Waals surface area (Å²) in [5.41, 5.74) is 11.8. The lowest BCUT2D eigenvalue weighted by molar-refractivity contribution is 0.1000. The molecule has 1 aliphatic rings. The van der Waals surface area contributed by atoms with E-state index in [9.17, 15) is 4.79 Å². The van der Waals surface area contributed by atoms with Gasteiger partial charge < -0.3 is 15.2 Å². The summed E-state index contributed by atoms with van der Waals surface area (Å²) in [7, 11) is 0. The maximum Gasteiger partial charge on any atom is 0.251 e. The number of aryl methyl sites for hydroxylation is 1. The van der Waals surface area contributed by atoms with Crippen molar-refractivity contribution in [2.45, 2.75) is 46.6 Å². The fourth-order valence-corrected chi connectivity index (χ4v) is 4.13. The van der Waals surface area contributed by atoms with Crippen LogP contribution in [0, 0.1) is 20.8 Å². The fraction of sp³-hybridized carbons (Fsp3) is 0.476. The van der Waals surface area contributed by atoms with Crippen molar-refractivity contribution in [2.75, 3.05) is 19.6 Å². The third kappa shape index (κ3) is 3.49. The molecule has 1 aliphatic heterocycles. The van der Waals surface area contributed by atoms with Crippen molar-refractivity contribution in [1.82, 2.24) is 9.47 Å². The molecule has 0 bridgehead atoms. The van der Waals surface area contributed by atoms with E-state index in [-0.39, 0.29) is 5.91 Å². The van der Waals surface area contributed by atoms with Crippen LogP contribution in [0.1, 0.15) is 46.6 Å². The quantitative estimate of drug-likeness (QED) is 0.904. The van der Waals surface area contributed by atoms with Crippen LogP contribution in [-0.4, -0.2) is 35.0 Å². The zero-order valence-corrected chi connectivity index (χ0v) is 15.6. The van der Waals surface area contributed by atoms with Gasteiger partial charge in [0.25, 0.3) is 5.91 Å². The van der Waals surface area contributed by atoms with Crippen LogP contribution in [0.3, 0.4) is 0 Å². The molecule has 0 radical (unpaired) electrons. The third-order valence-corrected chi connectivity index (χ3v) is 5.53. The van der Waals surface area contributed by atoms with Gasteiger partial charge in [-0.1, -0.05) is 30.7 Å². The van der Waals surface area contributed by atoms with Gasteiger partial charge in [0.05, 0.1) is 5.56 Å². The number of piperidine rings is 1. The number of primary amides is 1. The van der Waals surface area contributed by atoms with E-state index in [1.165, 1.54) is 37.9 Å². The normalized spacial score (nSPS) is 15.5. The summed E-state index contributed by atoms with van der Waals surface area (Å²) in [6.07, 6.45) is 3.94. The SMILES string of the molecule is Cc1ccccc1-c1c(C(N)=O)c(C)n(CCN2CCCCC2)c1C. The van der Waals surface area contributed by atoms with E-state index >= 15 is 0 Å². The summed E-state index contributed by atoms with van der Waals surface area (Å²) in [4.78, 5) is 14.7. The third-order valence-electron chi connectivity index (χ3n) is 5.53. The molecular formula is C21H29N3O. The van der Waals surface area contributed by atoms with Crippen molar-refractivity contribution in [3.8, 4) is 11.1 Å². The zero-order valence-electron chi connectivity index (χ0n) is 15.6. The van der Waals surface area contributed by atoms with Crippen LogP contribution in [0.4, 0.5) is 0 Å². The topological polar surface area (TPSA) is 51.3 Å². The number of hydrogen-bond donors (Lipinski definition) is 1. The number of aromatic nitrogens is 1. The van der Waals surface area contributed by atoms with Gasteiger partial charge in [-0.15, -0.1) is 0 Å². The van der Waals surface area contributed by atoms with Crippen molar-refractivity contribution >= 4 is 5.91 Å². The minimum absolute atomic E-state index is 0.337. The van der Waals surface area contributed by atoms with E-state index in [0.717, 1.165) is 35.6 Å². The van der Waals surface area contributed by atoms with Crippen LogP contribution in [0.5, 0.6) is 0 Å². The Morgan fingerprint density at radius 1 is 1.00 bits per heavy atom. The first-order valence-corrected chi connectivity index (χ1v) is 9.28. The number of rotatable bonds is 5. The predicted molar refractivity (Wildman–Crippen MR) is 103 cm³/mol. The molecule has 1 fully saturated rings. The van der Waals surface area contributed by atoms with Crippen LogP contribution in [0.2, 0.25) is 0 Å². The lowest BCUT2D eigenvalue weighted by atomic mass is 9.96. The maximum absolute atomic E-state index is 12.2. The Hall–Kier alpha value is -2.07. The van der Waals surface area contributed by atoms with Gasteiger partial charge in [0.1, 0.15) is 0 Å². The number of carbonyl (C=O) groups is 1. The molecule has 2 aromatic rings. The molecule has 0 saturated carbocycles. The molecule has 0 spiro atoms. The van der Waals surface area contributed by atoms with Gasteiger partial charge in [0, 0.05) is 30.0 Å². The molecule has 4 heteroatoms. The molecule has 134 valence electrons. The van der Waals surface area contributed by atoms with Crippen molar-refractivity contribution < 1.29 is 4.79 Å². The van der Waals surface area contributed by atoms with Crippen LogP contribution in [0.25, 0.3) is 11.1 Å². The second kappa shape index (κ2) is 7.44. The van der Waals surface area contributed by atoms with E-state index in [1.54, 1.807) is 0 Å². The van der Waals surface area contributed by atoms with Gasteiger partial charge in [-0.2, -0.15) is 0 Å². The van der Waals surface area contributed by atoms with Crippen molar-refractivity contribution in [1.29, 1.82) is 0 Å². The monoisotopic (exact) mass is 339 g/mol. The molecule has 2 heterocycles. The van der Waals surface area contributed by atoms with Gasteiger partial charge in [0.15, 0.2) is 0 Å². The number of hydrogen-bond acceptors (Lipinski definition) is 2. The Morgan fingerprint density at radius 2 is 1.68 bits per heavy atom. The molecule has 1 amide bonds. The second-order valence-electron chi connectivity index (χ2n) is 7.15. The van der Waals surface area contributed by atoms with E-state index < -0.39 is 0 Å². The molecule has 3 rings (SSSR count). The molecule has 0 aliphatic carbocycles. The molecule has 4 nitrogen and oxygen atoms in total. The van der Waals surface area contributed by atoms with Crippen molar-refractivity contribution in [2.24, 2.45) is 5.73 Å². The van der Waals surface area contributed by atoms with Gasteiger partial charge >= 0.3 is 0 Å². The minimum Gasteiger partial charge on any atom is -0.366 e. The van der Waals surface area contributed by atoms with E-state index in [2.05, 4.69) is 35.4 Å². The first-order valence-electron chi connectivity index (χ1n) is 9.28. The van der Waals surface area contributed by atoms with Crippen LogP contribution < -0.4 is 5.73 Å². The number of likely N-dealkylation sites (tertiary alicyclic amines) is 1. The number of benzene rings is 1. The van der Waals surface area contributed by atoms with Crippen molar-refractivity contribution in [3.05, 3.63) is 46.8 Å². The lowest BCUT2D eigenvalue weighted by Gasteiger charge is -2.27. The Bertz CT molecular complexity index is 770. The van der Waals surface area contributed by atoms with Gasteiger partial charge in [-0.3, -0.25) is 4.79 Å². The summed E-state index contributed by atoms with van der Waals surface area (Å²) in [6.45, 7) is 10.5. The maximum atomic E-state index is 12.2. The standard InChI is InChI=1S/C21H29N3O/c1-15-9-5-6-10-18(15)19-16(2)24(17(3)20(19)21(22)25)14-13-23-11-7-4-8-12-23/h5-6,9-10H,4,7-8,11-14H2,1-3H3,(H2,22,25). The molecule has 0 unspecified atom stereocenters. The molecule has 2 N–H and O–H groups in total. The lowest BCUT2D eigenvalue weighted by Crippen LogP contribution is -2.32. The summed E-state index contributed by atoms with van der Waals surface area (Å²) < 4.78 is 2.27. The summed E-state index contributed by atoms with van der Waals surface area (Å²) >= 11 is 0. The molecule has 1 aromatic carbocycles. The minimum atomic E-state index is -0.337. The van der Waals surface area contributed by atoms with Crippen molar-refractivity contribution in [3.63, 3.8) is 0 Å². The summed E-state index contributed by atoms with van der Waals surface area (Å²) in [5, 5.41) is 0. The average Bonchev–Trinajstić information content (AvgIpc) is 2.85. The number of carbonyl (C=O) groups excluding carboxylic acids is 1. The first kappa shape index (κ1) is 17.7. The van der Waals surface area contributed by atoms with E-state index in [1.807, 2.05) is 19.1 Å². The number of nitrogens with two attached hydrogens (primary N) is 1. The van der Waals surface area contributed by atoms with Gasteiger partial charge in [0.2, 0.25) is 0 Å². The van der Waals surface area contributed by atoms with E-state index in [4.69, 9.17) is 5.73 Å². The smallest absolute Gasteiger partial charge is 0.251 e. The molecular weight excluding hydrogens is 310 g/mol. The Kier molecular flexibility index (Phi) is 5.28. The van der Waals surface area contributed by atoms with Crippen LogP contribution in [-0.2, 0) is 6.54 Å². The highest BCUT2D eigenvalue weighted by Crippen LogP contribution is 2.34. The summed E-state index contributed by atoms with van der Waals surface area (Å²) in [5.74, 6) is -0.337. The Balaban J connectivity index is 1.98. The Morgan fingerprint density at radius 3 is 2.32 bits per heavy atom. The fourth-order valence-electron chi connectivity index (χ4n) is 4.13. The number of nitrogens with zero attached hydrogens (tertiary/aromatic N) is 2. The highest BCUT2D eigenvalue weighted by Gasteiger charge is 2.23. The molecule has 0 atom stereocenters. The Labute approximate surface area is 150 Å². The predicted octanol–water partition coefficient (Wildman–Crippen LogP) is 3.67. The average molecular weight is 339 g/mol. The van der Waals surface area contributed by atoms with Crippen LogP contribution >= 0.6 is 0 Å². The molecule has 25 heavy (non-hydrogen) atoms. The molecule has 1 aromatic heterocycles. The number of amides is 1. The first-order chi connectivity index (χ1) is 12.0. The molecule has 1 saturated heterocycles. The largest absolute Gasteiger partial charge is 0.366 e. The summed E-state index contributed by atoms with van der Waals surface area (Å²) in [6, 6.07) is 8.21. The highest BCUT2D eigenvalue weighted by molar-refractivity contribution is 6.02. The van der Waals surface area contributed by atoms with E-state index in [0.29, 0.717) is 5.56 Å². The zero-order chi connectivity index (χ0) is 18.0. The van der Waals surface area contributed by atoms with Gasteiger partial charge in [-0.05, 0) is 57.8 Å². The highest BCUT2D eigenvalue weighted by atomic mass is 16.1. The van der Waals surface area contributed by atoms with Crippen LogP contribution in [0.15, 0.2) is 24.3 Å². The van der Waals surface area contributed by atoms with Gasteiger partial charge in [-0.25, -0.2) is 0 Å². The second-order valence-corrected chi connectivity index (χ2v) is 7.15.